The molecular formula is C30H32N6O2S2. The molecule has 206 valence electrons. The highest BCUT2D eigenvalue weighted by Crippen LogP contribution is 2.42. The van der Waals surface area contributed by atoms with Crippen molar-refractivity contribution in [3.8, 4) is 5.13 Å². The highest BCUT2D eigenvalue weighted by molar-refractivity contribution is 7.99. The Balaban J connectivity index is 1.16. The van der Waals surface area contributed by atoms with Crippen molar-refractivity contribution in [2.24, 2.45) is 5.73 Å². The quantitative estimate of drug-likeness (QED) is 0.290. The molecule has 0 aliphatic carbocycles. The van der Waals surface area contributed by atoms with Gasteiger partial charge in [-0.3, -0.25) is 9.59 Å². The fourth-order valence-corrected chi connectivity index (χ4v) is 7.53. The standard InChI is InChI=1S/C30H32N6O2S2/c1-19-23(28(31)37)10-11-25-27(19)34-29(38)26-21(8-5-9-24(26)40-25)15-22-17-32-30(39-22)36-18-20(16-33-36)7-6-14-35-12-3-2-4-13-35/h5,8-11,16-18H,2-4,6-7,12-15H2,1H3,(H2,31,37)(H,34,38). The Hall–Kier alpha value is -3.47. The Morgan fingerprint density at radius 2 is 1.95 bits per heavy atom. The van der Waals surface area contributed by atoms with Crippen LogP contribution in [0.5, 0.6) is 0 Å². The molecule has 0 bridgehead atoms. The second-order valence-corrected chi connectivity index (χ2v) is 12.6. The lowest BCUT2D eigenvalue weighted by Gasteiger charge is -2.26. The number of nitrogens with zero attached hydrogens (tertiary/aromatic N) is 4. The third-order valence-electron chi connectivity index (χ3n) is 7.62. The fraction of sp³-hybridized carbons (Fsp3) is 0.333. The van der Waals surface area contributed by atoms with E-state index in [1.54, 1.807) is 17.4 Å². The molecule has 0 atom stereocenters. The van der Waals surface area contributed by atoms with Crippen molar-refractivity contribution in [2.45, 2.75) is 55.2 Å². The van der Waals surface area contributed by atoms with Crippen molar-refractivity contribution >= 4 is 40.6 Å². The first-order valence-electron chi connectivity index (χ1n) is 13.7. The average Bonchev–Trinajstić information content (AvgIpc) is 3.58. The van der Waals surface area contributed by atoms with Crippen LogP contribution in [0.25, 0.3) is 5.13 Å². The Kier molecular flexibility index (Phi) is 7.73. The molecule has 4 heterocycles. The van der Waals surface area contributed by atoms with Gasteiger partial charge in [0.05, 0.1) is 17.4 Å². The van der Waals surface area contributed by atoms with E-state index in [-0.39, 0.29) is 5.91 Å². The predicted octanol–water partition coefficient (Wildman–Crippen LogP) is 5.46. The molecule has 2 aromatic carbocycles. The van der Waals surface area contributed by atoms with Crippen LogP contribution < -0.4 is 11.1 Å². The summed E-state index contributed by atoms with van der Waals surface area (Å²) in [6.45, 7) is 5.42. The minimum atomic E-state index is -0.509. The maximum Gasteiger partial charge on any atom is 0.257 e. The molecule has 6 rings (SSSR count). The van der Waals surface area contributed by atoms with Gasteiger partial charge in [-0.2, -0.15) is 5.10 Å². The molecule has 0 saturated carbocycles. The average molecular weight is 573 g/mol. The van der Waals surface area contributed by atoms with Crippen molar-refractivity contribution in [1.82, 2.24) is 19.7 Å². The van der Waals surface area contributed by atoms with Gasteiger partial charge in [-0.15, -0.1) is 0 Å². The summed E-state index contributed by atoms with van der Waals surface area (Å²) < 4.78 is 1.86. The number of hydrogen-bond acceptors (Lipinski definition) is 7. The summed E-state index contributed by atoms with van der Waals surface area (Å²) in [7, 11) is 0. The van der Waals surface area contributed by atoms with Gasteiger partial charge in [0.15, 0.2) is 0 Å². The molecule has 0 radical (unpaired) electrons. The zero-order valence-corrected chi connectivity index (χ0v) is 24.1. The number of rotatable bonds is 8. The van der Waals surface area contributed by atoms with Gasteiger partial charge < -0.3 is 16.0 Å². The molecule has 1 saturated heterocycles. The minimum Gasteiger partial charge on any atom is -0.366 e. The smallest absolute Gasteiger partial charge is 0.257 e. The van der Waals surface area contributed by atoms with Gasteiger partial charge in [-0.1, -0.05) is 41.7 Å². The number of piperidine rings is 1. The molecule has 2 amide bonds. The molecular weight excluding hydrogens is 541 g/mol. The highest BCUT2D eigenvalue weighted by atomic mass is 32.2. The summed E-state index contributed by atoms with van der Waals surface area (Å²) in [5.74, 6) is -0.697. The summed E-state index contributed by atoms with van der Waals surface area (Å²) >= 11 is 3.11. The van der Waals surface area contributed by atoms with Crippen molar-refractivity contribution in [1.29, 1.82) is 0 Å². The van der Waals surface area contributed by atoms with Gasteiger partial charge in [0, 0.05) is 39.0 Å². The van der Waals surface area contributed by atoms with Crippen molar-refractivity contribution in [3.05, 3.63) is 81.6 Å². The number of anilines is 1. The Bertz CT molecular complexity index is 1570. The lowest BCUT2D eigenvalue weighted by Crippen LogP contribution is -2.30. The van der Waals surface area contributed by atoms with Crippen LogP contribution in [0.15, 0.2) is 58.7 Å². The van der Waals surface area contributed by atoms with Crippen LogP contribution in [0.1, 0.15) is 68.0 Å². The minimum absolute atomic E-state index is 0.187. The zero-order chi connectivity index (χ0) is 27.6. The van der Waals surface area contributed by atoms with Crippen LogP contribution in [0, 0.1) is 6.92 Å². The summed E-state index contributed by atoms with van der Waals surface area (Å²) in [5, 5.41) is 8.43. The first-order valence-corrected chi connectivity index (χ1v) is 15.3. The number of carbonyl (C=O) groups excluding carboxylic acids is 2. The second-order valence-electron chi connectivity index (χ2n) is 10.4. The van der Waals surface area contributed by atoms with Gasteiger partial charge in [0.1, 0.15) is 0 Å². The predicted molar refractivity (Wildman–Crippen MR) is 159 cm³/mol. The summed E-state index contributed by atoms with van der Waals surface area (Å²) in [4.78, 5) is 35.3. The van der Waals surface area contributed by atoms with Crippen molar-refractivity contribution in [3.63, 3.8) is 0 Å². The molecule has 2 aliphatic heterocycles. The van der Waals surface area contributed by atoms with E-state index in [0.29, 0.717) is 28.8 Å². The number of amides is 2. The molecule has 4 aromatic rings. The number of nitrogens with one attached hydrogen (secondary N) is 1. The van der Waals surface area contributed by atoms with E-state index in [4.69, 9.17) is 5.73 Å². The largest absolute Gasteiger partial charge is 0.366 e. The SMILES string of the molecule is Cc1c(C(N)=O)ccc2c1NC(=O)c1c(Cc3cnc(-n4cc(CCCN5CCCCC5)cn4)s3)cccc1S2. The molecule has 40 heavy (non-hydrogen) atoms. The molecule has 0 spiro atoms. The van der Waals surface area contributed by atoms with Crippen molar-refractivity contribution in [2.75, 3.05) is 25.0 Å². The van der Waals surface area contributed by atoms with Crippen LogP contribution in [0.3, 0.4) is 0 Å². The van der Waals surface area contributed by atoms with Crippen LogP contribution >= 0.6 is 23.1 Å². The summed E-state index contributed by atoms with van der Waals surface area (Å²) in [6, 6.07) is 9.50. The van der Waals surface area contributed by atoms with Gasteiger partial charge in [0.2, 0.25) is 11.0 Å². The molecule has 2 aliphatic rings. The lowest BCUT2D eigenvalue weighted by molar-refractivity contribution is 0.0995. The molecule has 1 fully saturated rings. The number of aromatic nitrogens is 3. The maximum absolute atomic E-state index is 13.5. The molecule has 2 aromatic heterocycles. The van der Waals surface area contributed by atoms with Crippen LogP contribution in [-0.2, 0) is 12.8 Å². The number of aryl methyl sites for hydroxylation is 1. The van der Waals surface area contributed by atoms with Crippen LogP contribution in [0.4, 0.5) is 5.69 Å². The Morgan fingerprint density at radius 3 is 2.77 bits per heavy atom. The zero-order valence-electron chi connectivity index (χ0n) is 22.5. The number of benzene rings is 2. The monoisotopic (exact) mass is 572 g/mol. The first-order chi connectivity index (χ1) is 19.5. The van der Waals surface area contributed by atoms with Gasteiger partial charge in [0.25, 0.3) is 5.91 Å². The third-order valence-corrected chi connectivity index (χ3v) is 9.72. The van der Waals surface area contributed by atoms with Crippen LogP contribution in [0.2, 0.25) is 0 Å². The molecule has 10 heteroatoms. The summed E-state index contributed by atoms with van der Waals surface area (Å²) in [6.07, 6.45) is 12.6. The number of fused-ring (bicyclic) bond motifs is 2. The molecule has 3 N–H and O–H groups in total. The highest BCUT2D eigenvalue weighted by Gasteiger charge is 2.26. The number of carbonyl (C=O) groups is 2. The topological polar surface area (TPSA) is 106 Å². The van der Waals surface area contributed by atoms with E-state index in [9.17, 15) is 9.59 Å². The van der Waals surface area contributed by atoms with Gasteiger partial charge in [-0.25, -0.2) is 9.67 Å². The van der Waals surface area contributed by atoms with E-state index < -0.39 is 5.91 Å². The van der Waals surface area contributed by atoms with Crippen molar-refractivity contribution < 1.29 is 9.59 Å². The van der Waals surface area contributed by atoms with Crippen LogP contribution in [-0.4, -0.2) is 51.1 Å². The van der Waals surface area contributed by atoms with Gasteiger partial charge in [-0.05, 0) is 87.1 Å². The number of nitrogens with two attached hydrogens (primary N) is 1. The number of hydrogen-bond donors (Lipinski definition) is 2. The number of primary amides is 1. The van der Waals surface area contributed by atoms with E-state index in [1.807, 2.05) is 48.3 Å². The van der Waals surface area contributed by atoms with E-state index in [1.165, 1.54) is 49.7 Å². The lowest BCUT2D eigenvalue weighted by atomic mass is 10.0. The third kappa shape index (κ3) is 5.56. The van der Waals surface area contributed by atoms with E-state index in [0.717, 1.165) is 44.7 Å². The number of likely N-dealkylation sites (tertiary alicyclic amines) is 1. The Labute approximate surface area is 242 Å². The Morgan fingerprint density at radius 1 is 1.10 bits per heavy atom. The molecule has 0 unspecified atom stereocenters. The van der Waals surface area contributed by atoms with Gasteiger partial charge >= 0.3 is 0 Å². The second kappa shape index (κ2) is 11.6. The van der Waals surface area contributed by atoms with E-state index >= 15 is 0 Å². The number of thiazole rings is 1. The maximum atomic E-state index is 13.5. The first kappa shape index (κ1) is 26.7. The normalized spacial score (nSPS) is 15.3. The van der Waals surface area contributed by atoms with E-state index in [2.05, 4.69) is 26.5 Å². The summed E-state index contributed by atoms with van der Waals surface area (Å²) in [5.41, 5.74) is 10.1. The molecule has 8 nitrogen and oxygen atoms in total. The fourth-order valence-electron chi connectivity index (χ4n) is 5.51.